The number of aromatic nitrogens is 2. The van der Waals surface area contributed by atoms with Gasteiger partial charge in [0.2, 0.25) is 11.0 Å². The first-order chi connectivity index (χ1) is 11.9. The Hall–Kier alpha value is -2.61. The Morgan fingerprint density at radius 2 is 1.88 bits per heavy atom. The van der Waals surface area contributed by atoms with E-state index >= 15 is 0 Å². The molecule has 1 fully saturated rings. The fourth-order valence-corrected chi connectivity index (χ4v) is 3.60. The topological polar surface area (TPSA) is 98.2 Å². The lowest BCUT2D eigenvalue weighted by Crippen LogP contribution is -2.13. The lowest BCUT2D eigenvalue weighted by molar-refractivity contribution is 0.435. The summed E-state index contributed by atoms with van der Waals surface area (Å²) >= 11 is 0. The molecule has 0 saturated heterocycles. The van der Waals surface area contributed by atoms with E-state index in [1.54, 1.807) is 6.07 Å². The molecule has 25 heavy (non-hydrogen) atoms. The fraction of sp³-hybridized carbons (Fsp3) is 0.294. The van der Waals surface area contributed by atoms with Crippen LogP contribution in [0.3, 0.4) is 0 Å². The molecule has 2 aromatic heterocycles. The van der Waals surface area contributed by atoms with Gasteiger partial charge in [0.15, 0.2) is 5.76 Å². The van der Waals surface area contributed by atoms with E-state index in [1.807, 2.05) is 26.0 Å². The second kappa shape index (κ2) is 5.73. The lowest BCUT2D eigenvalue weighted by atomic mass is 10.1. The number of nitrogens with one attached hydrogen (secondary N) is 1. The first-order valence-corrected chi connectivity index (χ1v) is 9.44. The van der Waals surface area contributed by atoms with Gasteiger partial charge in [0.25, 0.3) is 15.9 Å². The summed E-state index contributed by atoms with van der Waals surface area (Å²) < 4.78 is 38.6. The molecule has 1 aliphatic rings. The first-order valence-electron chi connectivity index (χ1n) is 7.96. The molecule has 0 unspecified atom stereocenters. The van der Waals surface area contributed by atoms with Crippen molar-refractivity contribution < 1.29 is 17.3 Å². The van der Waals surface area contributed by atoms with Gasteiger partial charge < -0.3 is 8.83 Å². The predicted molar refractivity (Wildman–Crippen MR) is 90.7 cm³/mol. The molecular weight excluding hydrogens is 342 g/mol. The van der Waals surface area contributed by atoms with Crippen molar-refractivity contribution in [2.75, 3.05) is 4.72 Å². The van der Waals surface area contributed by atoms with Crippen LogP contribution in [0.4, 0.5) is 5.69 Å². The average molecular weight is 359 g/mol. The van der Waals surface area contributed by atoms with Crippen molar-refractivity contribution in [3.8, 4) is 11.7 Å². The Bertz CT molecular complexity index is 1030. The zero-order chi connectivity index (χ0) is 17.6. The molecular formula is C17H17N3O4S. The Labute approximate surface area is 145 Å². The molecule has 3 aromatic rings. The van der Waals surface area contributed by atoms with Crippen molar-refractivity contribution >= 4 is 15.7 Å². The highest BCUT2D eigenvalue weighted by Gasteiger charge is 2.30. The number of benzene rings is 1. The Balaban J connectivity index is 1.59. The maximum atomic E-state index is 12.5. The minimum atomic E-state index is -3.84. The van der Waals surface area contributed by atoms with Crippen LogP contribution in [0.15, 0.2) is 44.3 Å². The minimum absolute atomic E-state index is 0.190. The summed E-state index contributed by atoms with van der Waals surface area (Å²) in [5.41, 5.74) is 2.40. The Morgan fingerprint density at radius 3 is 2.60 bits per heavy atom. The third kappa shape index (κ3) is 3.17. The van der Waals surface area contributed by atoms with Gasteiger partial charge in [-0.3, -0.25) is 4.72 Å². The molecule has 2 heterocycles. The van der Waals surface area contributed by atoms with Crippen LogP contribution in [0.1, 0.15) is 35.8 Å². The number of sulfonamides is 1. The number of rotatable bonds is 5. The van der Waals surface area contributed by atoms with E-state index < -0.39 is 10.0 Å². The van der Waals surface area contributed by atoms with Crippen LogP contribution in [-0.4, -0.2) is 18.6 Å². The summed E-state index contributed by atoms with van der Waals surface area (Å²) in [6, 6.07) is 8.37. The predicted octanol–water partition coefficient (Wildman–Crippen LogP) is 3.62. The maximum Gasteiger partial charge on any atom is 0.295 e. The largest absolute Gasteiger partial charge is 0.438 e. The van der Waals surface area contributed by atoms with Crippen molar-refractivity contribution in [3.63, 3.8) is 0 Å². The first kappa shape index (κ1) is 15.9. The SMILES string of the molecule is Cc1ccc(NS(=O)(=O)c2ccc(-c3nnc(C4CC4)o3)o2)c(C)c1. The van der Waals surface area contributed by atoms with E-state index in [0.717, 1.165) is 24.0 Å². The van der Waals surface area contributed by atoms with Gasteiger partial charge in [-0.2, -0.15) is 8.42 Å². The third-order valence-electron chi connectivity index (χ3n) is 4.05. The molecule has 0 spiro atoms. The number of anilines is 1. The van der Waals surface area contributed by atoms with Gasteiger partial charge in [0.05, 0.1) is 5.69 Å². The van der Waals surface area contributed by atoms with Crippen LogP contribution in [0.2, 0.25) is 0 Å². The summed E-state index contributed by atoms with van der Waals surface area (Å²) in [5.74, 6) is 1.32. The standard InChI is InChI=1S/C17H17N3O4S/c1-10-3-6-13(11(2)9-10)20-25(21,22)15-8-7-14(23-15)17-19-18-16(24-17)12-4-5-12/h3,6-9,12,20H,4-5H2,1-2H3. The van der Waals surface area contributed by atoms with Crippen molar-refractivity contribution in [1.29, 1.82) is 0 Å². The average Bonchev–Trinajstić information content (AvgIpc) is 3.09. The Morgan fingerprint density at radius 1 is 1.08 bits per heavy atom. The minimum Gasteiger partial charge on any atom is -0.438 e. The number of hydrogen-bond acceptors (Lipinski definition) is 6. The molecule has 0 bridgehead atoms. The summed E-state index contributed by atoms with van der Waals surface area (Å²) in [5, 5.41) is 7.70. The van der Waals surface area contributed by atoms with Gasteiger partial charge in [-0.1, -0.05) is 17.7 Å². The third-order valence-corrected chi connectivity index (χ3v) is 5.29. The van der Waals surface area contributed by atoms with E-state index in [0.29, 0.717) is 17.5 Å². The number of aryl methyl sites for hydroxylation is 2. The molecule has 7 nitrogen and oxygen atoms in total. The maximum absolute atomic E-state index is 12.5. The molecule has 1 saturated carbocycles. The second-order valence-corrected chi connectivity index (χ2v) is 7.88. The van der Waals surface area contributed by atoms with Crippen molar-refractivity contribution in [2.45, 2.75) is 37.7 Å². The lowest BCUT2D eigenvalue weighted by Gasteiger charge is -2.09. The summed E-state index contributed by atoms with van der Waals surface area (Å²) in [6.07, 6.45) is 2.08. The second-order valence-electron chi connectivity index (χ2n) is 6.26. The number of furan rings is 1. The molecule has 130 valence electrons. The molecule has 1 aromatic carbocycles. The van der Waals surface area contributed by atoms with Crippen LogP contribution in [0, 0.1) is 13.8 Å². The molecule has 0 aliphatic heterocycles. The van der Waals surface area contributed by atoms with E-state index in [1.165, 1.54) is 12.1 Å². The zero-order valence-electron chi connectivity index (χ0n) is 13.8. The van der Waals surface area contributed by atoms with Crippen LogP contribution in [-0.2, 0) is 10.0 Å². The van der Waals surface area contributed by atoms with Gasteiger partial charge in [-0.15, -0.1) is 10.2 Å². The zero-order valence-corrected chi connectivity index (χ0v) is 14.6. The highest BCUT2D eigenvalue weighted by molar-refractivity contribution is 7.92. The number of hydrogen-bond donors (Lipinski definition) is 1. The monoisotopic (exact) mass is 359 g/mol. The molecule has 8 heteroatoms. The van der Waals surface area contributed by atoms with E-state index in [4.69, 9.17) is 8.83 Å². The van der Waals surface area contributed by atoms with E-state index in [-0.39, 0.29) is 16.7 Å². The van der Waals surface area contributed by atoms with Gasteiger partial charge in [-0.05, 0) is 50.5 Å². The van der Waals surface area contributed by atoms with Crippen molar-refractivity contribution in [2.24, 2.45) is 0 Å². The molecule has 0 radical (unpaired) electrons. The van der Waals surface area contributed by atoms with Crippen LogP contribution in [0.5, 0.6) is 0 Å². The van der Waals surface area contributed by atoms with Gasteiger partial charge in [0, 0.05) is 5.92 Å². The van der Waals surface area contributed by atoms with Crippen LogP contribution >= 0.6 is 0 Å². The summed E-state index contributed by atoms with van der Waals surface area (Å²) in [7, 11) is -3.84. The highest BCUT2D eigenvalue weighted by atomic mass is 32.2. The van der Waals surface area contributed by atoms with Gasteiger partial charge >= 0.3 is 0 Å². The summed E-state index contributed by atoms with van der Waals surface area (Å²) in [4.78, 5) is 0. The molecule has 1 N–H and O–H groups in total. The van der Waals surface area contributed by atoms with E-state index in [2.05, 4.69) is 14.9 Å². The quantitative estimate of drug-likeness (QED) is 0.747. The highest BCUT2D eigenvalue weighted by Crippen LogP contribution is 2.40. The smallest absolute Gasteiger partial charge is 0.295 e. The molecule has 0 atom stereocenters. The molecule has 4 rings (SSSR count). The normalized spacial score (nSPS) is 14.6. The van der Waals surface area contributed by atoms with E-state index in [9.17, 15) is 8.42 Å². The van der Waals surface area contributed by atoms with Crippen molar-refractivity contribution in [1.82, 2.24) is 10.2 Å². The fourth-order valence-electron chi connectivity index (χ4n) is 2.53. The Kier molecular flexibility index (Phi) is 3.64. The molecule has 0 amide bonds. The summed E-state index contributed by atoms with van der Waals surface area (Å²) in [6.45, 7) is 3.79. The molecule has 1 aliphatic carbocycles. The van der Waals surface area contributed by atoms with Crippen LogP contribution < -0.4 is 4.72 Å². The van der Waals surface area contributed by atoms with Crippen molar-refractivity contribution in [3.05, 3.63) is 47.3 Å². The number of nitrogens with zero attached hydrogens (tertiary/aromatic N) is 2. The van der Waals surface area contributed by atoms with Gasteiger partial charge in [-0.25, -0.2) is 0 Å². The van der Waals surface area contributed by atoms with Crippen LogP contribution in [0.25, 0.3) is 11.7 Å². The van der Waals surface area contributed by atoms with Gasteiger partial charge in [0.1, 0.15) is 0 Å².